The lowest BCUT2D eigenvalue weighted by Crippen LogP contribution is -2.36. The highest BCUT2D eigenvalue weighted by atomic mass is 16.4. The highest BCUT2D eigenvalue weighted by Gasteiger charge is 2.23. The molecule has 0 aliphatic carbocycles. The molecule has 1 aliphatic heterocycles. The summed E-state index contributed by atoms with van der Waals surface area (Å²) in [5.41, 5.74) is 0. The average molecular weight is 255 g/mol. The predicted molar refractivity (Wildman–Crippen MR) is 65.8 cm³/mol. The van der Waals surface area contributed by atoms with Gasteiger partial charge >= 0.3 is 5.97 Å². The third-order valence-electron chi connectivity index (χ3n) is 3.33. The number of carbonyl (C=O) groups excluding carboxylic acids is 2. The number of hydrogen-bond donors (Lipinski definition) is 1. The van der Waals surface area contributed by atoms with E-state index in [-0.39, 0.29) is 24.2 Å². The molecule has 0 aromatic heterocycles. The van der Waals surface area contributed by atoms with Gasteiger partial charge in [-0.05, 0) is 31.6 Å². The molecule has 5 heteroatoms. The SMILES string of the molecule is CC(CCC(=O)O)CCN1C(=O)CCCCC1=O. The van der Waals surface area contributed by atoms with Gasteiger partial charge in [0.25, 0.3) is 0 Å². The quantitative estimate of drug-likeness (QED) is 0.734. The van der Waals surface area contributed by atoms with E-state index in [9.17, 15) is 14.4 Å². The van der Waals surface area contributed by atoms with Gasteiger partial charge in [-0.1, -0.05) is 6.92 Å². The standard InChI is InChI=1S/C13H21NO4/c1-10(6-7-13(17)18)8-9-14-11(15)4-2-3-5-12(14)16/h10H,2-9H2,1H3,(H,17,18). The van der Waals surface area contributed by atoms with E-state index in [2.05, 4.69) is 0 Å². The van der Waals surface area contributed by atoms with E-state index in [0.29, 0.717) is 32.2 Å². The lowest BCUT2D eigenvalue weighted by atomic mass is 10.0. The molecule has 0 aromatic rings. The number of likely N-dealkylation sites (tertiary alicyclic amines) is 1. The van der Waals surface area contributed by atoms with Crippen molar-refractivity contribution in [2.45, 2.75) is 51.9 Å². The number of carboxylic acid groups (broad SMARTS) is 1. The van der Waals surface area contributed by atoms with Gasteiger partial charge in [0.05, 0.1) is 0 Å². The number of nitrogens with zero attached hydrogens (tertiary/aromatic N) is 1. The Morgan fingerprint density at radius 1 is 1.22 bits per heavy atom. The zero-order chi connectivity index (χ0) is 13.5. The topological polar surface area (TPSA) is 74.7 Å². The Bertz CT molecular complexity index is 309. The molecule has 1 fully saturated rings. The van der Waals surface area contributed by atoms with Crippen LogP contribution in [0.4, 0.5) is 0 Å². The summed E-state index contributed by atoms with van der Waals surface area (Å²) >= 11 is 0. The molecule has 0 radical (unpaired) electrons. The predicted octanol–water partition coefficient (Wildman–Crippen LogP) is 1.81. The fraction of sp³-hybridized carbons (Fsp3) is 0.769. The van der Waals surface area contributed by atoms with Gasteiger partial charge in [-0.3, -0.25) is 19.3 Å². The van der Waals surface area contributed by atoms with Crippen molar-refractivity contribution in [2.24, 2.45) is 5.92 Å². The molecule has 1 aliphatic rings. The summed E-state index contributed by atoms with van der Waals surface area (Å²) < 4.78 is 0. The van der Waals surface area contributed by atoms with E-state index in [0.717, 1.165) is 12.8 Å². The van der Waals surface area contributed by atoms with Crippen LogP contribution in [0.25, 0.3) is 0 Å². The number of rotatable bonds is 6. The van der Waals surface area contributed by atoms with E-state index in [4.69, 9.17) is 5.11 Å². The number of imide groups is 1. The van der Waals surface area contributed by atoms with Gasteiger partial charge in [0.15, 0.2) is 0 Å². The number of carbonyl (C=O) groups is 3. The van der Waals surface area contributed by atoms with Gasteiger partial charge in [-0.15, -0.1) is 0 Å². The fourth-order valence-corrected chi connectivity index (χ4v) is 2.07. The largest absolute Gasteiger partial charge is 0.481 e. The Labute approximate surface area is 107 Å². The fourth-order valence-electron chi connectivity index (χ4n) is 2.07. The van der Waals surface area contributed by atoms with Crippen molar-refractivity contribution in [3.63, 3.8) is 0 Å². The summed E-state index contributed by atoms with van der Waals surface area (Å²) in [5.74, 6) is -0.750. The zero-order valence-electron chi connectivity index (χ0n) is 10.9. The molecule has 0 spiro atoms. The summed E-state index contributed by atoms with van der Waals surface area (Å²) in [4.78, 5) is 35.2. The number of carboxylic acids is 1. The molecule has 0 saturated carbocycles. The smallest absolute Gasteiger partial charge is 0.303 e. The molecular weight excluding hydrogens is 234 g/mol. The number of hydrogen-bond acceptors (Lipinski definition) is 3. The molecular formula is C13H21NO4. The van der Waals surface area contributed by atoms with Crippen LogP contribution in [0.3, 0.4) is 0 Å². The first kappa shape index (κ1) is 14.7. The van der Waals surface area contributed by atoms with Gasteiger partial charge in [0.2, 0.25) is 11.8 Å². The van der Waals surface area contributed by atoms with Gasteiger partial charge in [-0.2, -0.15) is 0 Å². The molecule has 1 rings (SSSR count). The first-order chi connectivity index (χ1) is 8.50. The first-order valence-electron chi connectivity index (χ1n) is 6.55. The number of aliphatic carboxylic acids is 1. The Morgan fingerprint density at radius 3 is 2.28 bits per heavy atom. The molecule has 0 aromatic carbocycles. The first-order valence-corrected chi connectivity index (χ1v) is 6.55. The monoisotopic (exact) mass is 255 g/mol. The van der Waals surface area contributed by atoms with Gasteiger partial charge in [0.1, 0.15) is 0 Å². The van der Waals surface area contributed by atoms with E-state index >= 15 is 0 Å². The lowest BCUT2D eigenvalue weighted by Gasteiger charge is -2.20. The van der Waals surface area contributed by atoms with Crippen molar-refractivity contribution in [3.05, 3.63) is 0 Å². The van der Waals surface area contributed by atoms with Gasteiger partial charge in [0, 0.05) is 25.8 Å². The average Bonchev–Trinajstić information content (AvgIpc) is 2.46. The second-order valence-electron chi connectivity index (χ2n) is 4.97. The van der Waals surface area contributed by atoms with Crippen LogP contribution in [0.1, 0.15) is 51.9 Å². The van der Waals surface area contributed by atoms with Crippen molar-refractivity contribution in [1.82, 2.24) is 4.90 Å². The summed E-state index contributed by atoms with van der Waals surface area (Å²) in [6.07, 6.45) is 3.90. The highest BCUT2D eigenvalue weighted by molar-refractivity contribution is 5.95. The second-order valence-corrected chi connectivity index (χ2v) is 4.97. The molecule has 1 unspecified atom stereocenters. The third-order valence-corrected chi connectivity index (χ3v) is 3.33. The normalized spacial score (nSPS) is 18.6. The van der Waals surface area contributed by atoms with E-state index in [1.165, 1.54) is 4.90 Å². The Morgan fingerprint density at radius 2 is 1.78 bits per heavy atom. The molecule has 1 heterocycles. The second kappa shape index (κ2) is 7.13. The van der Waals surface area contributed by atoms with E-state index < -0.39 is 5.97 Å². The minimum atomic E-state index is -0.802. The Balaban J connectivity index is 2.37. The minimum absolute atomic E-state index is 0.0806. The maximum Gasteiger partial charge on any atom is 0.303 e. The van der Waals surface area contributed by atoms with Gasteiger partial charge < -0.3 is 5.11 Å². The maximum atomic E-state index is 11.7. The molecule has 5 nitrogen and oxygen atoms in total. The van der Waals surface area contributed by atoms with Crippen LogP contribution in [-0.2, 0) is 14.4 Å². The molecule has 2 amide bonds. The summed E-state index contributed by atoms with van der Waals surface area (Å²) in [6.45, 7) is 2.38. The summed E-state index contributed by atoms with van der Waals surface area (Å²) in [6, 6.07) is 0. The van der Waals surface area contributed by atoms with E-state index in [1.807, 2.05) is 6.92 Å². The van der Waals surface area contributed by atoms with Crippen molar-refractivity contribution < 1.29 is 19.5 Å². The van der Waals surface area contributed by atoms with Crippen molar-refractivity contribution >= 4 is 17.8 Å². The minimum Gasteiger partial charge on any atom is -0.481 e. The van der Waals surface area contributed by atoms with Crippen LogP contribution < -0.4 is 0 Å². The van der Waals surface area contributed by atoms with Crippen LogP contribution in [-0.4, -0.2) is 34.3 Å². The Hall–Kier alpha value is -1.39. The number of amides is 2. The Kier molecular flexibility index (Phi) is 5.82. The van der Waals surface area contributed by atoms with Crippen molar-refractivity contribution in [1.29, 1.82) is 0 Å². The van der Waals surface area contributed by atoms with Crippen LogP contribution >= 0.6 is 0 Å². The highest BCUT2D eigenvalue weighted by Crippen LogP contribution is 2.16. The molecule has 18 heavy (non-hydrogen) atoms. The lowest BCUT2D eigenvalue weighted by molar-refractivity contribution is -0.144. The maximum absolute atomic E-state index is 11.7. The van der Waals surface area contributed by atoms with Crippen LogP contribution in [0, 0.1) is 5.92 Å². The van der Waals surface area contributed by atoms with Crippen molar-refractivity contribution in [3.8, 4) is 0 Å². The van der Waals surface area contributed by atoms with E-state index in [1.54, 1.807) is 0 Å². The van der Waals surface area contributed by atoms with Gasteiger partial charge in [-0.25, -0.2) is 0 Å². The molecule has 102 valence electrons. The van der Waals surface area contributed by atoms with Crippen molar-refractivity contribution in [2.75, 3.05) is 6.54 Å². The summed E-state index contributed by atoms with van der Waals surface area (Å²) in [5, 5.41) is 8.58. The zero-order valence-corrected chi connectivity index (χ0v) is 10.9. The molecule has 1 atom stereocenters. The van der Waals surface area contributed by atoms with Crippen LogP contribution in [0.15, 0.2) is 0 Å². The summed E-state index contributed by atoms with van der Waals surface area (Å²) in [7, 11) is 0. The third kappa shape index (κ3) is 4.85. The van der Waals surface area contributed by atoms with Crippen LogP contribution in [0.5, 0.6) is 0 Å². The molecule has 1 saturated heterocycles. The molecule has 0 bridgehead atoms. The molecule has 1 N–H and O–H groups in total. The van der Waals surface area contributed by atoms with Crippen LogP contribution in [0.2, 0.25) is 0 Å².